The number of carbonyl (C=O) groups is 1. The molecule has 0 bridgehead atoms. The van der Waals surface area contributed by atoms with Gasteiger partial charge < -0.3 is 24.4 Å². The fourth-order valence-electron chi connectivity index (χ4n) is 5.28. The number of aliphatic carboxylic acids is 1. The van der Waals surface area contributed by atoms with Gasteiger partial charge in [-0.25, -0.2) is 9.37 Å². The molecule has 7 nitrogen and oxygen atoms in total. The number of anilines is 2. The van der Waals surface area contributed by atoms with Gasteiger partial charge in [-0.05, 0) is 24.0 Å². The summed E-state index contributed by atoms with van der Waals surface area (Å²) in [5.74, 6) is 0.375. The summed E-state index contributed by atoms with van der Waals surface area (Å²) in [6, 6.07) is 6.53. The number of hydrogen-bond acceptors (Lipinski definition) is 6. The van der Waals surface area contributed by atoms with Crippen LogP contribution >= 0.6 is 11.6 Å². The smallest absolute Gasteiger partial charge is 0.305 e. The number of ether oxygens (including phenoxy) is 2. The van der Waals surface area contributed by atoms with E-state index in [4.69, 9.17) is 21.1 Å². The van der Waals surface area contributed by atoms with Crippen molar-refractivity contribution in [2.45, 2.75) is 45.8 Å². The van der Waals surface area contributed by atoms with Gasteiger partial charge in [-0.15, -0.1) is 0 Å². The van der Waals surface area contributed by atoms with Crippen molar-refractivity contribution in [3.8, 4) is 11.6 Å². The van der Waals surface area contributed by atoms with Crippen LogP contribution in [-0.2, 0) is 4.79 Å². The van der Waals surface area contributed by atoms with Crippen molar-refractivity contribution in [3.63, 3.8) is 0 Å². The van der Waals surface area contributed by atoms with Crippen molar-refractivity contribution in [3.05, 3.63) is 41.3 Å². The lowest BCUT2D eigenvalue weighted by Crippen LogP contribution is -2.44. The summed E-state index contributed by atoms with van der Waals surface area (Å²) in [6.45, 7) is 8.33. The zero-order valence-electron chi connectivity index (χ0n) is 20.6. The first kappa shape index (κ1) is 25.4. The third-order valence-corrected chi connectivity index (χ3v) is 7.77. The van der Waals surface area contributed by atoms with Gasteiger partial charge in [-0.2, -0.15) is 0 Å². The van der Waals surface area contributed by atoms with E-state index in [2.05, 4.69) is 23.7 Å². The number of piperidine rings is 1. The molecule has 5 atom stereocenters. The van der Waals surface area contributed by atoms with E-state index in [1.54, 1.807) is 25.4 Å². The maximum atomic E-state index is 15.2. The minimum absolute atomic E-state index is 0.00729. The lowest BCUT2D eigenvalue weighted by molar-refractivity contribution is -0.137. The minimum atomic E-state index is -0.867. The monoisotopic (exact) mass is 505 g/mol. The van der Waals surface area contributed by atoms with Crippen LogP contribution in [0.25, 0.3) is 0 Å². The molecule has 4 rings (SSSR count). The van der Waals surface area contributed by atoms with E-state index >= 15 is 4.39 Å². The molecule has 35 heavy (non-hydrogen) atoms. The summed E-state index contributed by atoms with van der Waals surface area (Å²) < 4.78 is 26.7. The van der Waals surface area contributed by atoms with E-state index in [9.17, 15) is 9.90 Å². The lowest BCUT2D eigenvalue weighted by atomic mass is 9.92. The Bertz CT molecular complexity index is 1070. The molecule has 1 aromatic carbocycles. The van der Waals surface area contributed by atoms with Crippen LogP contribution in [0.15, 0.2) is 30.5 Å². The van der Waals surface area contributed by atoms with Crippen molar-refractivity contribution < 1.29 is 23.8 Å². The topological polar surface area (TPSA) is 75.1 Å². The van der Waals surface area contributed by atoms with Crippen LogP contribution in [0, 0.1) is 23.6 Å². The van der Waals surface area contributed by atoms with Gasteiger partial charge in [0.15, 0.2) is 0 Å². The van der Waals surface area contributed by atoms with Gasteiger partial charge >= 0.3 is 5.97 Å². The summed E-state index contributed by atoms with van der Waals surface area (Å²) in [4.78, 5) is 19.6. The van der Waals surface area contributed by atoms with Gasteiger partial charge in [0.2, 0.25) is 5.88 Å². The number of carboxylic acid groups (broad SMARTS) is 1. The molecule has 2 saturated heterocycles. The second-order valence-electron chi connectivity index (χ2n) is 9.81. The van der Waals surface area contributed by atoms with Crippen molar-refractivity contribution in [2.24, 2.45) is 17.8 Å². The average Bonchev–Trinajstić information content (AvgIpc) is 3.08. The normalized spacial score (nSPS) is 26.6. The van der Waals surface area contributed by atoms with E-state index in [1.165, 1.54) is 6.07 Å². The first-order valence-corrected chi connectivity index (χ1v) is 12.4. The van der Waals surface area contributed by atoms with Gasteiger partial charge in [-0.1, -0.05) is 32.4 Å². The molecule has 1 N–H and O–H groups in total. The highest BCUT2D eigenvalue weighted by Crippen LogP contribution is 2.38. The molecule has 2 aromatic rings. The molecule has 3 heterocycles. The number of methoxy groups -OCH3 is 1. The Labute approximate surface area is 210 Å². The van der Waals surface area contributed by atoms with Crippen LogP contribution in [0.4, 0.5) is 15.8 Å². The van der Waals surface area contributed by atoms with E-state index < -0.39 is 5.97 Å². The van der Waals surface area contributed by atoms with Gasteiger partial charge in [0.1, 0.15) is 17.7 Å². The Kier molecular flexibility index (Phi) is 7.59. The van der Waals surface area contributed by atoms with E-state index in [-0.39, 0.29) is 42.1 Å². The van der Waals surface area contributed by atoms with Crippen LogP contribution < -0.4 is 19.3 Å². The highest BCUT2D eigenvalue weighted by atomic mass is 35.5. The fraction of sp³-hybridized carbons (Fsp3) is 0.538. The second-order valence-corrected chi connectivity index (χ2v) is 10.2. The predicted molar refractivity (Wildman–Crippen MR) is 134 cm³/mol. The van der Waals surface area contributed by atoms with Gasteiger partial charge in [-0.3, -0.25) is 4.79 Å². The first-order chi connectivity index (χ1) is 16.7. The number of hydrogen-bond donors (Lipinski definition) is 1. The Balaban J connectivity index is 1.43. The van der Waals surface area contributed by atoms with Crippen LogP contribution in [0.1, 0.15) is 33.6 Å². The number of halogens is 2. The summed E-state index contributed by atoms with van der Waals surface area (Å²) in [5, 5.41) is 9.91. The SMILES string of the molecule is COc1cc(N2CCC(Oc3ccc(N4C[C@H](C)[C@@H](C)[C@@H]4CC(=O)O)c(F)c3)C(C)C2)c(Cl)cn1. The Morgan fingerprint density at radius 2 is 1.97 bits per heavy atom. The third-order valence-electron chi connectivity index (χ3n) is 7.48. The van der Waals surface area contributed by atoms with Crippen molar-refractivity contribution in [1.82, 2.24) is 4.98 Å². The van der Waals surface area contributed by atoms with E-state index in [0.29, 0.717) is 28.9 Å². The van der Waals surface area contributed by atoms with E-state index in [0.717, 1.165) is 25.2 Å². The fourth-order valence-corrected chi connectivity index (χ4v) is 5.50. The average molecular weight is 506 g/mol. The maximum Gasteiger partial charge on any atom is 0.305 e. The predicted octanol–water partition coefficient (Wildman–Crippen LogP) is 5.11. The largest absolute Gasteiger partial charge is 0.490 e. The summed E-state index contributed by atoms with van der Waals surface area (Å²) >= 11 is 6.37. The summed E-state index contributed by atoms with van der Waals surface area (Å²) in [7, 11) is 1.57. The van der Waals surface area contributed by atoms with Crippen molar-refractivity contribution in [1.29, 1.82) is 0 Å². The Hall–Kier alpha value is -2.74. The standard InChI is InChI=1S/C26H33ClFN3O4/c1-15-14-31(22(17(15)3)11-26(32)33)21-6-5-18(9-20(21)28)35-24-7-8-30(13-16(24)2)23-10-25(34-4)29-12-19(23)27/h5-6,9-10,12,15-17,22,24H,7-8,11,13-14H2,1-4H3,(H,32,33)/t15-,16?,17+,22-,24?/m0/s1. The second kappa shape index (κ2) is 10.5. The molecule has 1 aromatic heterocycles. The van der Waals surface area contributed by atoms with Crippen LogP contribution in [-0.4, -0.2) is 54.9 Å². The van der Waals surface area contributed by atoms with Crippen molar-refractivity contribution in [2.75, 3.05) is 36.5 Å². The molecular formula is C26H33ClFN3O4. The number of carboxylic acids is 1. The molecule has 2 aliphatic rings. The Morgan fingerprint density at radius 1 is 1.20 bits per heavy atom. The van der Waals surface area contributed by atoms with Crippen LogP contribution in [0.2, 0.25) is 5.02 Å². The van der Waals surface area contributed by atoms with Gasteiger partial charge in [0, 0.05) is 50.1 Å². The third kappa shape index (κ3) is 5.42. The number of rotatable bonds is 7. The zero-order chi connectivity index (χ0) is 25.3. The number of aromatic nitrogens is 1. The number of pyridine rings is 1. The lowest BCUT2D eigenvalue weighted by Gasteiger charge is -2.38. The van der Waals surface area contributed by atoms with Gasteiger partial charge in [0.25, 0.3) is 0 Å². The highest BCUT2D eigenvalue weighted by molar-refractivity contribution is 6.33. The molecule has 9 heteroatoms. The quantitative estimate of drug-likeness (QED) is 0.560. The highest BCUT2D eigenvalue weighted by Gasteiger charge is 2.39. The molecule has 2 fully saturated rings. The minimum Gasteiger partial charge on any atom is -0.490 e. The molecule has 2 aliphatic heterocycles. The van der Waals surface area contributed by atoms with Crippen molar-refractivity contribution >= 4 is 28.9 Å². The summed E-state index contributed by atoms with van der Waals surface area (Å²) in [5.41, 5.74) is 1.31. The van der Waals surface area contributed by atoms with E-state index in [1.807, 2.05) is 17.9 Å². The molecule has 0 aliphatic carbocycles. The first-order valence-electron chi connectivity index (χ1n) is 12.1. The molecule has 0 saturated carbocycles. The molecule has 190 valence electrons. The summed E-state index contributed by atoms with van der Waals surface area (Å²) in [6.07, 6.45) is 2.28. The molecule has 0 radical (unpaired) electrons. The zero-order valence-corrected chi connectivity index (χ0v) is 21.3. The van der Waals surface area contributed by atoms with Crippen LogP contribution in [0.5, 0.6) is 11.6 Å². The molecule has 0 spiro atoms. The number of nitrogens with zero attached hydrogens (tertiary/aromatic N) is 3. The number of benzene rings is 1. The Morgan fingerprint density at radius 3 is 2.63 bits per heavy atom. The van der Waals surface area contributed by atoms with Gasteiger partial charge in [0.05, 0.1) is 36.1 Å². The maximum absolute atomic E-state index is 15.2. The van der Waals surface area contributed by atoms with Crippen LogP contribution in [0.3, 0.4) is 0 Å². The molecular weight excluding hydrogens is 473 g/mol. The molecule has 0 amide bonds. The molecule has 2 unspecified atom stereocenters.